The number of fused-ring (bicyclic) bond motifs is 4. The lowest BCUT2D eigenvalue weighted by Gasteiger charge is -2.29. The topological polar surface area (TPSA) is 71.2 Å². The molecule has 100 valence electrons. The molecule has 8 heteroatoms. The van der Waals surface area contributed by atoms with Crippen LogP contribution in [-0.4, -0.2) is 57.5 Å². The summed E-state index contributed by atoms with van der Waals surface area (Å²) in [5.41, 5.74) is 1.67. The molecule has 0 saturated carbocycles. The third-order valence-corrected chi connectivity index (χ3v) is 4.54. The Morgan fingerprint density at radius 1 is 1.11 bits per heavy atom. The van der Waals surface area contributed by atoms with E-state index in [1.165, 1.54) is 37.3 Å². The van der Waals surface area contributed by atoms with Gasteiger partial charge in [-0.05, 0) is 12.8 Å². The van der Waals surface area contributed by atoms with Gasteiger partial charge in [-0.25, -0.2) is 0 Å². The van der Waals surface area contributed by atoms with Gasteiger partial charge in [0.05, 0.1) is 0 Å². The molecule has 7 nitrogen and oxygen atoms in total. The van der Waals surface area contributed by atoms with Crippen LogP contribution >= 0.6 is 11.3 Å². The number of piperidine rings is 1. The van der Waals surface area contributed by atoms with Gasteiger partial charge in [-0.2, -0.15) is 0 Å². The van der Waals surface area contributed by atoms with E-state index in [1.54, 1.807) is 5.51 Å². The molecule has 0 spiro atoms. The maximum absolute atomic E-state index is 5.77. The number of aromatic nitrogens is 4. The zero-order valence-electron chi connectivity index (χ0n) is 10.4. The minimum absolute atomic E-state index is 0.469. The highest BCUT2D eigenvalue weighted by atomic mass is 32.1. The molecule has 0 N–H and O–H groups in total. The Hall–Kier alpha value is -1.54. The van der Waals surface area contributed by atoms with Crippen molar-refractivity contribution >= 4 is 17.4 Å². The van der Waals surface area contributed by atoms with Crippen LogP contribution in [0.2, 0.25) is 0 Å². The SMILES string of the molecule is c1nnc(-c2nnc(N3CCN4CCC3CC4)o2)s1. The Morgan fingerprint density at radius 3 is 2.79 bits per heavy atom. The first kappa shape index (κ1) is 11.3. The first-order chi connectivity index (χ1) is 9.40. The van der Waals surface area contributed by atoms with Crippen molar-refractivity contribution < 1.29 is 4.42 Å². The van der Waals surface area contributed by atoms with Crippen molar-refractivity contribution in [3.63, 3.8) is 0 Å². The fourth-order valence-corrected chi connectivity index (χ4v) is 3.29. The monoisotopic (exact) mass is 278 g/mol. The molecule has 0 atom stereocenters. The van der Waals surface area contributed by atoms with E-state index < -0.39 is 0 Å². The molecule has 2 aromatic heterocycles. The van der Waals surface area contributed by atoms with Gasteiger partial charge in [0.1, 0.15) is 5.51 Å². The average molecular weight is 278 g/mol. The summed E-state index contributed by atoms with van der Waals surface area (Å²) in [4.78, 5) is 4.75. The fraction of sp³-hybridized carbons (Fsp3) is 0.636. The van der Waals surface area contributed by atoms with E-state index in [1.807, 2.05) is 0 Å². The van der Waals surface area contributed by atoms with E-state index in [-0.39, 0.29) is 0 Å². The maximum Gasteiger partial charge on any atom is 0.318 e. The fourth-order valence-electron chi connectivity index (χ4n) is 2.82. The van der Waals surface area contributed by atoms with E-state index >= 15 is 0 Å². The lowest BCUT2D eigenvalue weighted by molar-refractivity contribution is 0.249. The van der Waals surface area contributed by atoms with Crippen molar-refractivity contribution in [2.24, 2.45) is 0 Å². The molecule has 19 heavy (non-hydrogen) atoms. The standard InChI is InChI=1S/C11H14N6OS/c1-3-16-4-2-8(1)17(6-5-16)11-15-13-9(18-11)10-14-12-7-19-10/h7-8H,1-6H2. The largest absolute Gasteiger partial charge is 0.401 e. The number of nitrogens with zero attached hydrogens (tertiary/aromatic N) is 6. The normalized spacial score (nSPS) is 26.6. The Bertz CT molecular complexity index is 547. The molecule has 0 aliphatic carbocycles. The number of anilines is 1. The molecule has 0 amide bonds. The van der Waals surface area contributed by atoms with Crippen molar-refractivity contribution in [1.29, 1.82) is 0 Å². The molecule has 5 heterocycles. The van der Waals surface area contributed by atoms with Crippen LogP contribution in [0.15, 0.2) is 9.93 Å². The molecule has 0 radical (unpaired) electrons. The summed E-state index contributed by atoms with van der Waals surface area (Å²) in [5.74, 6) is 0.469. The molecule has 3 saturated heterocycles. The average Bonchev–Trinajstić information content (AvgIpc) is 3.05. The lowest BCUT2D eigenvalue weighted by Crippen LogP contribution is -2.38. The van der Waals surface area contributed by atoms with Gasteiger partial charge in [0.2, 0.25) is 5.01 Å². The highest BCUT2D eigenvalue weighted by Crippen LogP contribution is 2.28. The predicted octanol–water partition coefficient (Wildman–Crippen LogP) is 0.872. The first-order valence-electron chi connectivity index (χ1n) is 6.49. The number of hydrogen-bond donors (Lipinski definition) is 0. The van der Waals surface area contributed by atoms with Crippen LogP contribution in [0.1, 0.15) is 12.8 Å². The Morgan fingerprint density at radius 2 is 2.00 bits per heavy atom. The summed E-state index contributed by atoms with van der Waals surface area (Å²) in [7, 11) is 0. The Kier molecular flexibility index (Phi) is 2.70. The van der Waals surface area contributed by atoms with Crippen molar-refractivity contribution in [2.75, 3.05) is 31.1 Å². The molecule has 0 unspecified atom stereocenters. The van der Waals surface area contributed by atoms with E-state index in [2.05, 4.69) is 30.2 Å². The van der Waals surface area contributed by atoms with Crippen molar-refractivity contribution in [3.05, 3.63) is 5.51 Å². The molecular weight excluding hydrogens is 264 g/mol. The minimum atomic E-state index is 0.469. The minimum Gasteiger partial charge on any atom is -0.401 e. The van der Waals surface area contributed by atoms with Crippen molar-refractivity contribution in [3.8, 4) is 10.9 Å². The van der Waals surface area contributed by atoms with Crippen molar-refractivity contribution in [2.45, 2.75) is 18.9 Å². The molecule has 3 fully saturated rings. The smallest absolute Gasteiger partial charge is 0.318 e. The quantitative estimate of drug-likeness (QED) is 0.807. The van der Waals surface area contributed by atoms with Crippen LogP contribution in [0.25, 0.3) is 10.9 Å². The zero-order valence-corrected chi connectivity index (χ0v) is 11.2. The lowest BCUT2D eigenvalue weighted by atomic mass is 10.1. The molecular formula is C11H14N6OS. The summed E-state index contributed by atoms with van der Waals surface area (Å²) in [6.07, 6.45) is 2.35. The maximum atomic E-state index is 5.77. The van der Waals surface area contributed by atoms with Crippen molar-refractivity contribution in [1.82, 2.24) is 25.3 Å². The molecule has 0 aromatic carbocycles. The molecule has 2 aromatic rings. The molecule has 3 aliphatic rings. The highest BCUT2D eigenvalue weighted by molar-refractivity contribution is 7.12. The molecule has 5 rings (SSSR count). The predicted molar refractivity (Wildman–Crippen MR) is 70.0 cm³/mol. The second-order valence-corrected chi connectivity index (χ2v) is 5.73. The number of hydrogen-bond acceptors (Lipinski definition) is 8. The van der Waals surface area contributed by atoms with Crippen LogP contribution in [0, 0.1) is 0 Å². The van der Waals surface area contributed by atoms with Gasteiger partial charge >= 0.3 is 6.01 Å². The summed E-state index contributed by atoms with van der Waals surface area (Å²) in [6.45, 7) is 4.40. The van der Waals surface area contributed by atoms with Gasteiger partial charge in [-0.3, -0.25) is 0 Å². The van der Waals surface area contributed by atoms with Gasteiger partial charge in [-0.1, -0.05) is 16.4 Å². The van der Waals surface area contributed by atoms with Gasteiger partial charge in [0, 0.05) is 32.2 Å². The van der Waals surface area contributed by atoms with E-state index in [9.17, 15) is 0 Å². The zero-order chi connectivity index (χ0) is 12.7. The molecule has 3 aliphatic heterocycles. The molecule has 2 bridgehead atoms. The second kappa shape index (κ2) is 4.53. The van der Waals surface area contributed by atoms with Gasteiger partial charge in [-0.15, -0.1) is 15.3 Å². The summed E-state index contributed by atoms with van der Waals surface area (Å²) < 4.78 is 5.77. The van der Waals surface area contributed by atoms with Gasteiger partial charge in [0.15, 0.2) is 0 Å². The third-order valence-electron chi connectivity index (χ3n) is 3.86. The summed E-state index contributed by atoms with van der Waals surface area (Å²) in [6, 6.07) is 1.15. The van der Waals surface area contributed by atoms with Crippen LogP contribution in [0.5, 0.6) is 0 Å². The third kappa shape index (κ3) is 2.00. The first-order valence-corrected chi connectivity index (χ1v) is 7.37. The van der Waals surface area contributed by atoms with Crippen LogP contribution in [0.3, 0.4) is 0 Å². The summed E-state index contributed by atoms with van der Waals surface area (Å²) in [5, 5.41) is 16.7. The van der Waals surface area contributed by atoms with E-state index in [4.69, 9.17) is 4.42 Å². The van der Waals surface area contributed by atoms with Gasteiger partial charge in [0.25, 0.3) is 5.89 Å². The number of rotatable bonds is 2. The Balaban J connectivity index is 1.62. The van der Waals surface area contributed by atoms with E-state index in [0.29, 0.717) is 23.0 Å². The second-order valence-electron chi connectivity index (χ2n) is 4.90. The van der Waals surface area contributed by atoms with Crippen LogP contribution in [0.4, 0.5) is 6.01 Å². The highest BCUT2D eigenvalue weighted by Gasteiger charge is 2.32. The van der Waals surface area contributed by atoms with E-state index in [0.717, 1.165) is 13.1 Å². The van der Waals surface area contributed by atoms with Crippen LogP contribution < -0.4 is 4.90 Å². The van der Waals surface area contributed by atoms with Gasteiger partial charge < -0.3 is 14.2 Å². The Labute approximate surface area is 114 Å². The summed E-state index contributed by atoms with van der Waals surface area (Å²) >= 11 is 1.41. The van der Waals surface area contributed by atoms with Crippen LogP contribution in [-0.2, 0) is 0 Å².